The number of unbranched alkanes of at least 4 members (excludes halogenated alkanes) is 1. The lowest BCUT2D eigenvalue weighted by atomic mass is 9.94. The normalized spacial score (nSPS) is 19.8. The Morgan fingerprint density at radius 3 is 2.77 bits per heavy atom. The number of benzene rings is 2. The van der Waals surface area contributed by atoms with Crippen LogP contribution in [0.3, 0.4) is 0 Å². The molecule has 3 aliphatic rings. The predicted molar refractivity (Wildman–Crippen MR) is 188 cm³/mol. The van der Waals surface area contributed by atoms with Gasteiger partial charge in [-0.25, -0.2) is 4.39 Å². The van der Waals surface area contributed by atoms with Gasteiger partial charge in [-0.05, 0) is 85.9 Å². The Balaban J connectivity index is 1.25. The quantitative estimate of drug-likeness (QED) is 0.124. The Kier molecular flexibility index (Phi) is 11.1. The number of ether oxygens (including phenoxy) is 1. The predicted octanol–water partition coefficient (Wildman–Crippen LogP) is 10.1. The third kappa shape index (κ3) is 7.91. The number of hydrogen-bond acceptors (Lipinski definition) is 5. The first kappa shape index (κ1) is 33.5. The van der Waals surface area contributed by atoms with Crippen LogP contribution in [-0.2, 0) is 6.42 Å². The Morgan fingerprint density at radius 2 is 2.00 bits per heavy atom. The molecule has 5 rings (SSSR count). The fourth-order valence-corrected chi connectivity index (χ4v) is 6.08. The molecule has 0 spiro atoms. The fourth-order valence-electron chi connectivity index (χ4n) is 6.08. The molecule has 7 heteroatoms. The summed E-state index contributed by atoms with van der Waals surface area (Å²) >= 11 is 0. The van der Waals surface area contributed by atoms with Crippen molar-refractivity contribution < 1.29 is 18.3 Å². The van der Waals surface area contributed by atoms with Crippen LogP contribution in [0.15, 0.2) is 114 Å². The summed E-state index contributed by atoms with van der Waals surface area (Å²) in [6.45, 7) is 5.83. The van der Waals surface area contributed by atoms with E-state index in [9.17, 15) is 9.18 Å². The van der Waals surface area contributed by atoms with Crippen LogP contribution in [0, 0.1) is 23.0 Å². The highest BCUT2D eigenvalue weighted by Crippen LogP contribution is 2.36. The maximum Gasteiger partial charge on any atom is 0.201 e. The van der Waals surface area contributed by atoms with Crippen LogP contribution in [0.1, 0.15) is 73.4 Å². The van der Waals surface area contributed by atoms with Gasteiger partial charge >= 0.3 is 0 Å². The van der Waals surface area contributed by atoms with Gasteiger partial charge in [-0.3, -0.25) is 9.79 Å². The lowest BCUT2D eigenvalue weighted by Gasteiger charge is -2.17. The minimum atomic E-state index is -1.04. The molecule has 5 nitrogen and oxygen atoms in total. The molecule has 0 fully saturated rings. The zero-order valence-corrected chi connectivity index (χ0v) is 27.0. The number of nitrogens with zero attached hydrogens (tertiary/aromatic N) is 1. The lowest BCUT2D eigenvalue weighted by molar-refractivity contribution is 0.0999. The molecule has 2 aliphatic carbocycles. The number of ketones is 1. The number of hydrogen-bond donors (Lipinski definition) is 2. The number of Topliss-reactive ketones (excluding diaryl/α,β-unsaturated/α-hetero) is 1. The Morgan fingerprint density at radius 1 is 1.15 bits per heavy atom. The Labute approximate surface area is 276 Å². The summed E-state index contributed by atoms with van der Waals surface area (Å²) in [5.41, 5.74) is 6.56. The van der Waals surface area contributed by atoms with E-state index in [2.05, 4.69) is 35.1 Å². The van der Waals surface area contributed by atoms with E-state index in [-0.39, 0.29) is 23.5 Å². The van der Waals surface area contributed by atoms with Gasteiger partial charge in [0, 0.05) is 46.3 Å². The average Bonchev–Trinajstić information content (AvgIpc) is 3.73. The molecular weight excluding hydrogens is 592 g/mol. The molecular formula is C40H41F2N3O2. The van der Waals surface area contributed by atoms with E-state index in [1.54, 1.807) is 6.20 Å². The number of anilines is 1. The van der Waals surface area contributed by atoms with Crippen LogP contribution in [-0.4, -0.2) is 24.3 Å². The molecule has 1 atom stereocenters. The lowest BCUT2D eigenvalue weighted by Crippen LogP contribution is -2.14. The molecule has 0 saturated carbocycles. The van der Waals surface area contributed by atoms with Crippen LogP contribution < -0.4 is 10.1 Å². The maximum atomic E-state index is 15.1. The van der Waals surface area contributed by atoms with Gasteiger partial charge in [0.25, 0.3) is 0 Å². The minimum absolute atomic E-state index is 0.0450. The van der Waals surface area contributed by atoms with Gasteiger partial charge in [-0.1, -0.05) is 68.5 Å². The van der Waals surface area contributed by atoms with Crippen LogP contribution >= 0.6 is 0 Å². The van der Waals surface area contributed by atoms with E-state index in [1.807, 2.05) is 55.5 Å². The number of aliphatic imine (C=N–C) groups is 1. The highest BCUT2D eigenvalue weighted by Gasteiger charge is 2.27. The number of carbonyl (C=O) groups excluding carboxylic acids is 1. The molecule has 0 amide bonds. The van der Waals surface area contributed by atoms with Gasteiger partial charge in [-0.2, -0.15) is 4.39 Å². The number of methoxy groups -OCH3 is 1. The van der Waals surface area contributed by atoms with Crippen molar-refractivity contribution in [1.29, 1.82) is 5.41 Å². The van der Waals surface area contributed by atoms with Crippen molar-refractivity contribution in [3.05, 3.63) is 137 Å². The fraction of sp³-hybridized carbons (Fsp3) is 0.275. The molecule has 0 bridgehead atoms. The second kappa shape index (κ2) is 15.6. The summed E-state index contributed by atoms with van der Waals surface area (Å²) in [5, 5.41) is 11.9. The first-order chi connectivity index (χ1) is 22.8. The zero-order chi connectivity index (χ0) is 33.3. The summed E-state index contributed by atoms with van der Waals surface area (Å²) in [6, 6.07) is 8.58. The summed E-state index contributed by atoms with van der Waals surface area (Å²) in [6.07, 6.45) is 23.7. The number of carbonyl (C=O) groups is 1. The first-order valence-corrected chi connectivity index (χ1v) is 16.2. The molecule has 2 aromatic rings. The number of halogens is 2. The second-order valence-electron chi connectivity index (χ2n) is 11.9. The topological polar surface area (TPSA) is 74.5 Å². The Hall–Kier alpha value is -4.91. The van der Waals surface area contributed by atoms with E-state index < -0.39 is 11.6 Å². The van der Waals surface area contributed by atoms with Crippen LogP contribution in [0.25, 0.3) is 5.57 Å². The van der Waals surface area contributed by atoms with E-state index in [1.165, 1.54) is 19.2 Å². The SMILES string of the molecule is C=CC1=CC(CCCCC(=N)CC(=O)c2ccc(N/C3=C/CC/C=C\C=C4\C(c5ccc(OC)c(F)c5F)=CN=C43)cc2CC)C=C1. The molecule has 1 aliphatic heterocycles. The summed E-state index contributed by atoms with van der Waals surface area (Å²) in [5.74, 6) is -1.80. The zero-order valence-electron chi connectivity index (χ0n) is 27.0. The van der Waals surface area contributed by atoms with Gasteiger partial charge in [0.2, 0.25) is 5.82 Å². The monoisotopic (exact) mass is 633 g/mol. The molecule has 0 saturated heterocycles. The van der Waals surface area contributed by atoms with Crippen LogP contribution in [0.2, 0.25) is 0 Å². The van der Waals surface area contributed by atoms with Gasteiger partial charge in [0.05, 0.1) is 18.5 Å². The van der Waals surface area contributed by atoms with E-state index in [4.69, 9.17) is 10.1 Å². The molecule has 0 aromatic heterocycles. The number of aryl methyl sites for hydroxylation is 1. The third-order valence-electron chi connectivity index (χ3n) is 8.64. The third-order valence-corrected chi connectivity index (χ3v) is 8.64. The molecule has 47 heavy (non-hydrogen) atoms. The largest absolute Gasteiger partial charge is 0.494 e. The number of fused-ring (bicyclic) bond motifs is 1. The summed E-state index contributed by atoms with van der Waals surface area (Å²) in [4.78, 5) is 17.9. The highest BCUT2D eigenvalue weighted by molar-refractivity contribution is 6.25. The van der Waals surface area contributed by atoms with Crippen molar-refractivity contribution in [3.8, 4) is 5.75 Å². The van der Waals surface area contributed by atoms with Crippen LogP contribution in [0.5, 0.6) is 5.75 Å². The average molecular weight is 634 g/mol. The Bertz CT molecular complexity index is 1790. The van der Waals surface area contributed by atoms with Crippen molar-refractivity contribution >= 4 is 28.5 Å². The minimum Gasteiger partial charge on any atom is -0.494 e. The second-order valence-corrected chi connectivity index (χ2v) is 11.9. The number of rotatable bonds is 14. The number of allylic oxidation sites excluding steroid dienone is 11. The number of nitrogens with one attached hydrogen (secondary N) is 2. The van der Waals surface area contributed by atoms with E-state index in [0.717, 1.165) is 54.6 Å². The molecule has 1 unspecified atom stereocenters. The van der Waals surface area contributed by atoms with Gasteiger partial charge in [-0.15, -0.1) is 0 Å². The summed E-state index contributed by atoms with van der Waals surface area (Å²) in [7, 11) is 1.30. The van der Waals surface area contributed by atoms with Gasteiger partial charge in [0.1, 0.15) is 0 Å². The van der Waals surface area contributed by atoms with E-state index in [0.29, 0.717) is 46.9 Å². The first-order valence-electron chi connectivity index (χ1n) is 16.2. The highest BCUT2D eigenvalue weighted by atomic mass is 19.2. The standard InChI is InChI=1S/C40H41F2N3O2/c1-4-26-16-17-27(22-26)12-10-11-13-29(43)24-36(46)31-19-18-30(23-28(31)5-2)45-35-15-9-7-6-8-14-33-34(25-44-40(33)35)32-20-21-37(47-3)39(42)38(32)41/h4,6,8,14-23,25,27,43,45H,1,5,7,9-13,24H2,2-3H3/b8-6-,33-14-,35-15+,43-29?. The maximum absolute atomic E-state index is 15.1. The van der Waals surface area contributed by atoms with Crippen LogP contribution in [0.4, 0.5) is 14.5 Å². The summed E-state index contributed by atoms with van der Waals surface area (Å²) < 4.78 is 34.7. The molecule has 242 valence electrons. The van der Waals surface area contributed by atoms with Crippen molar-refractivity contribution in [2.45, 2.75) is 58.3 Å². The molecule has 1 heterocycles. The molecule has 0 radical (unpaired) electrons. The van der Waals surface area contributed by atoms with Gasteiger partial charge in [0.15, 0.2) is 17.3 Å². The smallest absolute Gasteiger partial charge is 0.201 e. The van der Waals surface area contributed by atoms with Crippen molar-refractivity contribution in [3.63, 3.8) is 0 Å². The molecule has 2 aromatic carbocycles. The molecule has 2 N–H and O–H groups in total. The van der Waals surface area contributed by atoms with E-state index >= 15 is 4.39 Å². The van der Waals surface area contributed by atoms with Crippen molar-refractivity contribution in [2.24, 2.45) is 10.9 Å². The van der Waals surface area contributed by atoms with Crippen molar-refractivity contribution in [2.75, 3.05) is 12.4 Å². The van der Waals surface area contributed by atoms with Crippen molar-refractivity contribution in [1.82, 2.24) is 0 Å². The van der Waals surface area contributed by atoms with Gasteiger partial charge < -0.3 is 15.5 Å².